The Balaban J connectivity index is 2.99. The molecule has 0 aliphatic heterocycles. The number of halogens is 2. The summed E-state index contributed by atoms with van der Waals surface area (Å²) in [6.45, 7) is -0.175. The first kappa shape index (κ1) is 15.8. The number of rotatable bonds is 5. The van der Waals surface area contributed by atoms with Gasteiger partial charge < -0.3 is 15.8 Å². The summed E-state index contributed by atoms with van der Waals surface area (Å²) in [7, 11) is 1.27. The van der Waals surface area contributed by atoms with E-state index in [0.717, 1.165) is 0 Å². The van der Waals surface area contributed by atoms with E-state index in [1.165, 1.54) is 7.11 Å². The van der Waals surface area contributed by atoms with Crippen LogP contribution in [0.15, 0.2) is 18.2 Å². The molecule has 19 heavy (non-hydrogen) atoms. The summed E-state index contributed by atoms with van der Waals surface area (Å²) in [6.07, 6.45) is -0.0289. The van der Waals surface area contributed by atoms with Crippen LogP contribution in [0.4, 0.5) is 0 Å². The largest absolute Gasteiger partial charge is 0.469 e. The van der Waals surface area contributed by atoms with Gasteiger partial charge in [-0.1, -0.05) is 23.2 Å². The van der Waals surface area contributed by atoms with Crippen LogP contribution in [0.5, 0.6) is 0 Å². The Labute approximate surface area is 121 Å². The Morgan fingerprint density at radius 3 is 2.37 bits per heavy atom. The summed E-state index contributed by atoms with van der Waals surface area (Å²) in [6, 6.07) is 4.22. The third-order valence-electron chi connectivity index (χ3n) is 2.41. The molecule has 0 fully saturated rings. The fraction of sp³-hybridized carbons (Fsp3) is 0.333. The summed E-state index contributed by atoms with van der Waals surface area (Å²) in [4.78, 5) is 22.7. The van der Waals surface area contributed by atoms with Gasteiger partial charge in [-0.25, -0.2) is 0 Å². The molecule has 7 heteroatoms. The molecule has 0 unspecified atom stereocenters. The number of ether oxygens (including phenoxy) is 1. The van der Waals surface area contributed by atoms with Gasteiger partial charge in [0.15, 0.2) is 0 Å². The minimum absolute atomic E-state index is 0.0289. The van der Waals surface area contributed by atoms with Crippen LogP contribution in [-0.4, -0.2) is 25.5 Å². The minimum atomic E-state index is -0.584. The number of nitrogens with two attached hydrogens (primary N) is 1. The van der Waals surface area contributed by atoms with E-state index in [1.54, 1.807) is 18.2 Å². The van der Waals surface area contributed by atoms with E-state index < -0.39 is 12.0 Å². The van der Waals surface area contributed by atoms with Gasteiger partial charge in [0.25, 0.3) is 0 Å². The summed E-state index contributed by atoms with van der Waals surface area (Å²) in [5.74, 6) is -0.844. The van der Waals surface area contributed by atoms with Crippen LogP contribution in [-0.2, 0) is 14.3 Å². The zero-order valence-corrected chi connectivity index (χ0v) is 11.8. The first-order valence-corrected chi connectivity index (χ1v) is 6.24. The van der Waals surface area contributed by atoms with E-state index in [0.29, 0.717) is 15.6 Å². The first-order valence-electron chi connectivity index (χ1n) is 5.48. The molecule has 0 heterocycles. The van der Waals surface area contributed by atoms with Crippen molar-refractivity contribution in [1.29, 1.82) is 0 Å². The number of hydrogen-bond acceptors (Lipinski definition) is 4. The van der Waals surface area contributed by atoms with Crippen molar-refractivity contribution in [3.05, 3.63) is 33.8 Å². The topological polar surface area (TPSA) is 81.4 Å². The van der Waals surface area contributed by atoms with Crippen LogP contribution in [0, 0.1) is 0 Å². The maximum atomic E-state index is 11.4. The Morgan fingerprint density at radius 2 is 1.89 bits per heavy atom. The van der Waals surface area contributed by atoms with Gasteiger partial charge in [0.05, 0.1) is 26.1 Å². The molecule has 1 rings (SSSR count). The highest BCUT2D eigenvalue weighted by Crippen LogP contribution is 2.25. The maximum Gasteiger partial charge on any atom is 0.307 e. The summed E-state index contributed by atoms with van der Waals surface area (Å²) in [5, 5.41) is 3.45. The van der Waals surface area contributed by atoms with E-state index in [2.05, 4.69) is 10.1 Å². The second-order valence-corrected chi connectivity index (χ2v) is 4.68. The number of benzene rings is 1. The van der Waals surface area contributed by atoms with Gasteiger partial charge in [-0.2, -0.15) is 0 Å². The average Bonchev–Trinajstić information content (AvgIpc) is 2.36. The van der Waals surface area contributed by atoms with Crippen molar-refractivity contribution in [1.82, 2.24) is 5.32 Å². The van der Waals surface area contributed by atoms with E-state index >= 15 is 0 Å². The zero-order valence-electron chi connectivity index (χ0n) is 10.3. The number of carbonyl (C=O) groups is 2. The van der Waals surface area contributed by atoms with Crippen LogP contribution < -0.4 is 11.1 Å². The van der Waals surface area contributed by atoms with Crippen molar-refractivity contribution in [2.24, 2.45) is 5.73 Å². The molecule has 0 spiro atoms. The molecule has 104 valence electrons. The summed E-state index contributed by atoms with van der Waals surface area (Å²) >= 11 is 11.8. The van der Waals surface area contributed by atoms with Crippen molar-refractivity contribution in [2.45, 2.75) is 12.5 Å². The van der Waals surface area contributed by atoms with Crippen molar-refractivity contribution in [2.75, 3.05) is 13.7 Å². The van der Waals surface area contributed by atoms with Crippen LogP contribution in [0.2, 0.25) is 10.0 Å². The third-order valence-corrected chi connectivity index (χ3v) is 2.84. The zero-order chi connectivity index (χ0) is 14.4. The van der Waals surface area contributed by atoms with Crippen molar-refractivity contribution in [3.8, 4) is 0 Å². The number of methoxy groups -OCH3 is 1. The Hall–Kier alpha value is -1.30. The van der Waals surface area contributed by atoms with Gasteiger partial charge in [-0.3, -0.25) is 9.59 Å². The smallest absolute Gasteiger partial charge is 0.307 e. The van der Waals surface area contributed by atoms with Crippen LogP contribution in [0.25, 0.3) is 0 Å². The Morgan fingerprint density at radius 1 is 1.32 bits per heavy atom. The van der Waals surface area contributed by atoms with Gasteiger partial charge in [0.1, 0.15) is 0 Å². The molecule has 0 aliphatic carbocycles. The lowest BCUT2D eigenvalue weighted by Gasteiger charge is -2.18. The molecule has 0 radical (unpaired) electrons. The average molecular weight is 305 g/mol. The minimum Gasteiger partial charge on any atom is -0.469 e. The molecule has 0 aromatic heterocycles. The van der Waals surface area contributed by atoms with Crippen LogP contribution in [0.1, 0.15) is 18.0 Å². The molecular formula is C12H14Cl2N2O3. The molecular weight excluding hydrogens is 291 g/mol. The van der Waals surface area contributed by atoms with E-state index in [-0.39, 0.29) is 18.9 Å². The van der Waals surface area contributed by atoms with E-state index in [9.17, 15) is 9.59 Å². The highest BCUT2D eigenvalue weighted by Gasteiger charge is 2.19. The second-order valence-electron chi connectivity index (χ2n) is 3.81. The lowest BCUT2D eigenvalue weighted by molar-refractivity contribution is -0.141. The van der Waals surface area contributed by atoms with Crippen molar-refractivity contribution >= 4 is 35.1 Å². The number of nitrogens with one attached hydrogen (secondary N) is 1. The predicted molar refractivity (Wildman–Crippen MR) is 73.0 cm³/mol. The fourth-order valence-electron chi connectivity index (χ4n) is 1.53. The molecule has 1 aromatic rings. The van der Waals surface area contributed by atoms with Gasteiger partial charge in [-0.15, -0.1) is 0 Å². The number of amides is 1. The Kier molecular flexibility index (Phi) is 6.08. The third kappa shape index (κ3) is 5.06. The molecule has 0 aliphatic rings. The van der Waals surface area contributed by atoms with Gasteiger partial charge in [0.2, 0.25) is 5.91 Å². The van der Waals surface area contributed by atoms with Crippen molar-refractivity contribution < 1.29 is 14.3 Å². The first-order chi connectivity index (χ1) is 8.96. The summed E-state index contributed by atoms with van der Waals surface area (Å²) in [5.41, 5.74) is 5.86. The normalized spacial score (nSPS) is 11.8. The lowest BCUT2D eigenvalue weighted by atomic mass is 10.0. The van der Waals surface area contributed by atoms with Crippen LogP contribution >= 0.6 is 23.2 Å². The number of esters is 1. The number of hydrogen-bond donors (Lipinski definition) is 2. The monoisotopic (exact) mass is 304 g/mol. The second kappa shape index (κ2) is 7.33. The maximum absolute atomic E-state index is 11.4. The van der Waals surface area contributed by atoms with Gasteiger partial charge in [-0.05, 0) is 23.8 Å². The molecule has 1 amide bonds. The lowest BCUT2D eigenvalue weighted by Crippen LogP contribution is -2.35. The van der Waals surface area contributed by atoms with Gasteiger partial charge >= 0.3 is 5.97 Å². The molecule has 0 saturated heterocycles. The highest BCUT2D eigenvalue weighted by atomic mass is 35.5. The fourth-order valence-corrected chi connectivity index (χ4v) is 2.07. The molecule has 0 saturated carbocycles. The quantitative estimate of drug-likeness (QED) is 0.811. The number of carbonyl (C=O) groups excluding carboxylic acids is 2. The molecule has 5 nitrogen and oxygen atoms in total. The van der Waals surface area contributed by atoms with Crippen molar-refractivity contribution in [3.63, 3.8) is 0 Å². The predicted octanol–water partition coefficient (Wildman–Crippen LogP) is 1.67. The Bertz CT molecular complexity index is 442. The molecule has 0 bridgehead atoms. The summed E-state index contributed by atoms with van der Waals surface area (Å²) < 4.78 is 4.59. The van der Waals surface area contributed by atoms with E-state index in [1.807, 2.05) is 0 Å². The molecule has 1 aromatic carbocycles. The molecule has 1 atom stereocenters. The SMILES string of the molecule is COC(=O)C[C@H](NC(=O)CN)c1cc(Cl)cc(Cl)c1. The molecule has 3 N–H and O–H groups in total. The van der Waals surface area contributed by atoms with Gasteiger partial charge in [0, 0.05) is 10.0 Å². The highest BCUT2D eigenvalue weighted by molar-refractivity contribution is 6.34. The van der Waals surface area contributed by atoms with E-state index in [4.69, 9.17) is 28.9 Å². The van der Waals surface area contributed by atoms with Crippen LogP contribution in [0.3, 0.4) is 0 Å². The standard InChI is InChI=1S/C12H14Cl2N2O3/c1-19-12(18)5-10(16-11(17)6-15)7-2-8(13)4-9(14)3-7/h2-4,10H,5-6,15H2,1H3,(H,16,17)/t10-/m0/s1.